The van der Waals surface area contributed by atoms with Gasteiger partial charge in [0.05, 0.1) is 17.9 Å². The summed E-state index contributed by atoms with van der Waals surface area (Å²) >= 11 is 0. The van der Waals surface area contributed by atoms with Crippen LogP contribution < -0.4 is 5.73 Å². The highest BCUT2D eigenvalue weighted by Crippen LogP contribution is 2.44. The molecule has 1 unspecified atom stereocenters. The summed E-state index contributed by atoms with van der Waals surface area (Å²) in [6, 6.07) is 14.8. The van der Waals surface area contributed by atoms with Crippen molar-refractivity contribution in [1.29, 1.82) is 0 Å². The first-order valence-corrected chi connectivity index (χ1v) is 10.9. The number of fused-ring (bicyclic) bond motifs is 4. The normalized spacial score (nSPS) is 16.3. The zero-order chi connectivity index (χ0) is 21.1. The Labute approximate surface area is 180 Å². The first-order chi connectivity index (χ1) is 15.2. The van der Waals surface area contributed by atoms with Gasteiger partial charge < -0.3 is 19.9 Å². The van der Waals surface area contributed by atoms with Crippen molar-refractivity contribution >= 4 is 16.4 Å². The minimum atomic E-state index is 0.501. The van der Waals surface area contributed by atoms with Gasteiger partial charge in [-0.2, -0.15) is 0 Å². The van der Waals surface area contributed by atoms with Crippen LogP contribution in [0.15, 0.2) is 67.3 Å². The largest absolute Gasteiger partial charge is 0.429 e. The van der Waals surface area contributed by atoms with E-state index in [0.29, 0.717) is 12.5 Å². The molecule has 4 aromatic heterocycles. The van der Waals surface area contributed by atoms with Gasteiger partial charge in [0, 0.05) is 58.3 Å². The van der Waals surface area contributed by atoms with Gasteiger partial charge >= 0.3 is 0 Å². The molecule has 0 fully saturated rings. The van der Waals surface area contributed by atoms with Crippen LogP contribution in [0.5, 0.6) is 0 Å². The molecular formula is C26H26N4O. The second kappa shape index (κ2) is 6.79. The minimum Gasteiger partial charge on any atom is -0.429 e. The van der Waals surface area contributed by atoms with E-state index in [4.69, 9.17) is 5.73 Å². The van der Waals surface area contributed by atoms with E-state index in [9.17, 15) is 5.21 Å². The Morgan fingerprint density at radius 3 is 2.61 bits per heavy atom. The molecule has 1 atom stereocenters. The highest BCUT2D eigenvalue weighted by atomic mass is 16.5. The SMILES string of the molecule is Cn1cc(-c2cn(O)cc2-c2c3c(n4ccccc24)CCC(CN)C3)c2ccccc21. The lowest BCUT2D eigenvalue weighted by Gasteiger charge is -2.22. The first-order valence-electron chi connectivity index (χ1n) is 10.9. The Morgan fingerprint density at radius 1 is 0.968 bits per heavy atom. The molecule has 1 aliphatic carbocycles. The zero-order valence-corrected chi connectivity index (χ0v) is 17.6. The molecule has 5 aromatic rings. The van der Waals surface area contributed by atoms with Gasteiger partial charge in [-0.3, -0.25) is 0 Å². The summed E-state index contributed by atoms with van der Waals surface area (Å²) in [6.07, 6.45) is 11.2. The molecule has 1 aliphatic rings. The number of pyridine rings is 1. The molecule has 5 heteroatoms. The number of rotatable bonds is 3. The van der Waals surface area contributed by atoms with E-state index < -0.39 is 0 Å². The van der Waals surface area contributed by atoms with Crippen LogP contribution in [-0.4, -0.2) is 25.5 Å². The van der Waals surface area contributed by atoms with Crippen molar-refractivity contribution in [2.45, 2.75) is 19.3 Å². The quantitative estimate of drug-likeness (QED) is 0.417. The summed E-state index contributed by atoms with van der Waals surface area (Å²) < 4.78 is 5.69. The Morgan fingerprint density at radius 2 is 1.74 bits per heavy atom. The number of aryl methyl sites for hydroxylation is 2. The zero-order valence-electron chi connectivity index (χ0n) is 17.6. The summed E-state index contributed by atoms with van der Waals surface area (Å²) in [5.41, 5.74) is 15.7. The van der Waals surface area contributed by atoms with E-state index in [-0.39, 0.29) is 0 Å². The molecule has 0 radical (unpaired) electrons. The molecule has 156 valence electrons. The van der Waals surface area contributed by atoms with Crippen LogP contribution in [0, 0.1) is 5.92 Å². The van der Waals surface area contributed by atoms with E-state index in [1.807, 2.05) is 12.4 Å². The average Bonchev–Trinajstić information content (AvgIpc) is 3.44. The molecule has 6 rings (SSSR count). The van der Waals surface area contributed by atoms with Crippen LogP contribution in [0.3, 0.4) is 0 Å². The predicted molar refractivity (Wildman–Crippen MR) is 124 cm³/mol. The molecule has 0 bridgehead atoms. The van der Waals surface area contributed by atoms with Gasteiger partial charge in [-0.1, -0.05) is 24.3 Å². The lowest BCUT2D eigenvalue weighted by molar-refractivity contribution is 0.188. The fourth-order valence-electron chi connectivity index (χ4n) is 5.46. The van der Waals surface area contributed by atoms with Crippen LogP contribution in [-0.2, 0) is 19.9 Å². The Bertz CT molecular complexity index is 1430. The molecule has 0 spiro atoms. The van der Waals surface area contributed by atoms with Gasteiger partial charge in [0.15, 0.2) is 0 Å². The fraction of sp³-hybridized carbons (Fsp3) is 0.231. The van der Waals surface area contributed by atoms with Gasteiger partial charge in [0.2, 0.25) is 0 Å². The molecule has 5 nitrogen and oxygen atoms in total. The van der Waals surface area contributed by atoms with Gasteiger partial charge in [0.1, 0.15) is 0 Å². The maximum Gasteiger partial charge on any atom is 0.0535 e. The first kappa shape index (κ1) is 18.3. The molecule has 0 aliphatic heterocycles. The van der Waals surface area contributed by atoms with E-state index in [1.54, 1.807) is 0 Å². The number of nitrogens with two attached hydrogens (primary N) is 1. The van der Waals surface area contributed by atoms with E-state index in [1.165, 1.54) is 38.0 Å². The van der Waals surface area contributed by atoms with Crippen molar-refractivity contribution < 1.29 is 5.21 Å². The van der Waals surface area contributed by atoms with Crippen LogP contribution >= 0.6 is 0 Å². The number of benzene rings is 1. The van der Waals surface area contributed by atoms with Crippen LogP contribution in [0.1, 0.15) is 17.7 Å². The molecule has 4 heterocycles. The average molecular weight is 411 g/mol. The topological polar surface area (TPSA) is 60.5 Å². The van der Waals surface area contributed by atoms with Crippen molar-refractivity contribution in [3.8, 4) is 22.3 Å². The summed E-state index contributed by atoms with van der Waals surface area (Å²) in [5.74, 6) is 0.501. The lowest BCUT2D eigenvalue weighted by atomic mass is 9.84. The summed E-state index contributed by atoms with van der Waals surface area (Å²) in [7, 11) is 2.07. The Hall–Kier alpha value is -3.44. The Kier molecular flexibility index (Phi) is 4.02. The van der Waals surface area contributed by atoms with Crippen molar-refractivity contribution in [3.05, 3.63) is 78.5 Å². The molecule has 0 saturated carbocycles. The number of hydrogen-bond donors (Lipinski definition) is 2. The third-order valence-corrected chi connectivity index (χ3v) is 6.94. The second-order valence-electron chi connectivity index (χ2n) is 8.74. The summed E-state index contributed by atoms with van der Waals surface area (Å²) in [4.78, 5) is 0. The summed E-state index contributed by atoms with van der Waals surface area (Å²) in [6.45, 7) is 0.711. The molecule has 3 N–H and O–H groups in total. The number of para-hydroxylation sites is 1. The Balaban J connectivity index is 1.66. The maximum atomic E-state index is 10.5. The molecule has 31 heavy (non-hydrogen) atoms. The van der Waals surface area contributed by atoms with Crippen molar-refractivity contribution in [2.75, 3.05) is 6.54 Å². The molecule has 1 aromatic carbocycles. The number of hydrogen-bond acceptors (Lipinski definition) is 2. The second-order valence-corrected chi connectivity index (χ2v) is 8.74. The third kappa shape index (κ3) is 2.66. The van der Waals surface area contributed by atoms with Crippen molar-refractivity contribution in [1.82, 2.24) is 13.7 Å². The van der Waals surface area contributed by atoms with Crippen LogP contribution in [0.25, 0.3) is 38.7 Å². The van der Waals surface area contributed by atoms with Crippen molar-refractivity contribution in [2.24, 2.45) is 18.7 Å². The van der Waals surface area contributed by atoms with E-state index in [0.717, 1.165) is 36.0 Å². The number of nitrogens with zero attached hydrogens (tertiary/aromatic N) is 3. The smallest absolute Gasteiger partial charge is 0.0535 e. The van der Waals surface area contributed by atoms with E-state index in [2.05, 4.69) is 70.9 Å². The summed E-state index contributed by atoms with van der Waals surface area (Å²) in [5, 5.41) is 11.7. The van der Waals surface area contributed by atoms with Crippen LogP contribution in [0.2, 0.25) is 0 Å². The lowest BCUT2D eigenvalue weighted by Crippen LogP contribution is -2.22. The highest BCUT2D eigenvalue weighted by Gasteiger charge is 2.28. The van der Waals surface area contributed by atoms with Gasteiger partial charge in [0.25, 0.3) is 0 Å². The maximum absolute atomic E-state index is 10.5. The number of aromatic nitrogens is 3. The minimum absolute atomic E-state index is 0.501. The van der Waals surface area contributed by atoms with Gasteiger partial charge in [-0.25, -0.2) is 4.73 Å². The third-order valence-electron chi connectivity index (χ3n) is 6.94. The standard InChI is InChI=1S/C26H26N4O/c1-28-14-20(18-6-2-3-7-23(18)28)21-15-29(31)16-22(21)26-19-12-17(13-27)9-10-24(19)30-11-5-4-8-25(26)30/h2-8,11,14-17,31H,9-10,12-13,27H2,1H3. The van der Waals surface area contributed by atoms with Crippen LogP contribution in [0.4, 0.5) is 0 Å². The fourth-order valence-corrected chi connectivity index (χ4v) is 5.46. The predicted octanol–water partition coefficient (Wildman–Crippen LogP) is 4.87. The monoisotopic (exact) mass is 410 g/mol. The molecular weight excluding hydrogens is 384 g/mol. The van der Waals surface area contributed by atoms with Gasteiger partial charge in [-0.15, -0.1) is 0 Å². The molecule has 0 amide bonds. The van der Waals surface area contributed by atoms with Gasteiger partial charge in [-0.05, 0) is 55.5 Å². The molecule has 0 saturated heterocycles. The highest BCUT2D eigenvalue weighted by molar-refractivity contribution is 6.02. The van der Waals surface area contributed by atoms with Crippen molar-refractivity contribution in [3.63, 3.8) is 0 Å². The van der Waals surface area contributed by atoms with E-state index >= 15 is 0 Å².